The second kappa shape index (κ2) is 10.6. The third-order valence-electron chi connectivity index (χ3n) is 4.84. The summed E-state index contributed by atoms with van der Waals surface area (Å²) in [5, 5.41) is 13.7. The molecule has 0 heterocycles. The van der Waals surface area contributed by atoms with Crippen molar-refractivity contribution in [2.75, 3.05) is 11.8 Å². The van der Waals surface area contributed by atoms with Crippen LogP contribution in [0.15, 0.2) is 83.8 Å². The number of esters is 1. The highest BCUT2D eigenvalue weighted by Crippen LogP contribution is 2.22. The third kappa shape index (κ3) is 6.17. The molecule has 0 spiro atoms. The highest BCUT2D eigenvalue weighted by atomic mass is 32.2. The summed E-state index contributed by atoms with van der Waals surface area (Å²) in [5.41, 5.74) is 0.777. The van der Waals surface area contributed by atoms with E-state index in [9.17, 15) is 28.1 Å². The Bertz CT molecular complexity index is 1290. The number of carbonyl (C=O) groups excluding carboxylic acids is 2. The molecule has 0 fully saturated rings. The number of nitro benzene ring substituents is 1. The minimum Gasteiger partial charge on any atom is -0.469 e. The molecule has 1 amide bonds. The van der Waals surface area contributed by atoms with E-state index in [4.69, 9.17) is 4.74 Å². The quantitative estimate of drug-likeness (QED) is 0.269. The standard InChI is InChI=1S/C23H21N3O7S/c1-33-22(27)15-21(16-6-3-2-4-7-16)24-23(28)17-10-12-18(13-11-17)25-34(31,32)20-9-5-8-19(14-20)26(29)30/h2-14,21,25H,15H2,1H3,(H,24,28). The van der Waals surface area contributed by atoms with E-state index in [-0.39, 0.29) is 28.3 Å². The van der Waals surface area contributed by atoms with Crippen LogP contribution < -0.4 is 10.0 Å². The second-order valence-corrected chi connectivity index (χ2v) is 8.84. The van der Waals surface area contributed by atoms with Crippen LogP contribution in [0.2, 0.25) is 0 Å². The van der Waals surface area contributed by atoms with Gasteiger partial charge in [0, 0.05) is 23.4 Å². The van der Waals surface area contributed by atoms with Gasteiger partial charge in [0.05, 0.1) is 29.4 Å². The summed E-state index contributed by atoms with van der Waals surface area (Å²) < 4.78 is 32.2. The van der Waals surface area contributed by atoms with Crippen molar-refractivity contribution in [3.05, 3.63) is 100 Å². The molecule has 1 unspecified atom stereocenters. The highest BCUT2D eigenvalue weighted by molar-refractivity contribution is 7.92. The molecule has 0 radical (unpaired) electrons. The normalized spacial score (nSPS) is 11.8. The van der Waals surface area contributed by atoms with Crippen LogP contribution in [0.5, 0.6) is 0 Å². The van der Waals surface area contributed by atoms with Crippen LogP contribution in [0.3, 0.4) is 0 Å². The van der Waals surface area contributed by atoms with Gasteiger partial charge in [0.1, 0.15) is 0 Å². The van der Waals surface area contributed by atoms with Crippen molar-refractivity contribution in [3.63, 3.8) is 0 Å². The SMILES string of the molecule is COC(=O)CC(NC(=O)c1ccc(NS(=O)(=O)c2cccc([N+](=O)[O-])c2)cc1)c1ccccc1. The van der Waals surface area contributed by atoms with Gasteiger partial charge < -0.3 is 10.1 Å². The number of sulfonamides is 1. The van der Waals surface area contributed by atoms with Gasteiger partial charge >= 0.3 is 5.97 Å². The van der Waals surface area contributed by atoms with E-state index in [1.807, 2.05) is 6.07 Å². The lowest BCUT2D eigenvalue weighted by molar-refractivity contribution is -0.385. The van der Waals surface area contributed by atoms with E-state index in [1.165, 1.54) is 49.6 Å². The maximum Gasteiger partial charge on any atom is 0.307 e. The monoisotopic (exact) mass is 483 g/mol. The zero-order valence-corrected chi connectivity index (χ0v) is 18.8. The minimum atomic E-state index is -4.08. The van der Waals surface area contributed by atoms with Crippen LogP contribution >= 0.6 is 0 Å². The Balaban J connectivity index is 1.74. The third-order valence-corrected chi connectivity index (χ3v) is 6.22. The van der Waals surface area contributed by atoms with Crippen molar-refractivity contribution in [1.82, 2.24) is 5.32 Å². The largest absolute Gasteiger partial charge is 0.469 e. The molecule has 0 saturated carbocycles. The lowest BCUT2D eigenvalue weighted by atomic mass is 10.0. The van der Waals surface area contributed by atoms with E-state index in [1.54, 1.807) is 24.3 Å². The van der Waals surface area contributed by atoms with Gasteiger partial charge in [0.15, 0.2) is 0 Å². The first-order chi connectivity index (χ1) is 16.2. The fourth-order valence-electron chi connectivity index (χ4n) is 3.10. The van der Waals surface area contributed by atoms with E-state index in [2.05, 4.69) is 10.0 Å². The Morgan fingerprint density at radius 3 is 2.29 bits per heavy atom. The van der Waals surface area contributed by atoms with E-state index in [0.717, 1.165) is 11.6 Å². The average Bonchev–Trinajstić information content (AvgIpc) is 2.84. The number of non-ortho nitro benzene ring substituents is 1. The number of amides is 1. The number of nitrogens with zero attached hydrogens (tertiary/aromatic N) is 1. The zero-order valence-electron chi connectivity index (χ0n) is 18.0. The van der Waals surface area contributed by atoms with Crippen LogP contribution in [-0.2, 0) is 19.6 Å². The number of rotatable bonds is 9. The van der Waals surface area contributed by atoms with Gasteiger partial charge in [-0.25, -0.2) is 8.42 Å². The Morgan fingerprint density at radius 1 is 1.00 bits per heavy atom. The van der Waals surface area contributed by atoms with Crippen molar-refractivity contribution in [2.24, 2.45) is 0 Å². The van der Waals surface area contributed by atoms with Crippen molar-refractivity contribution >= 4 is 33.3 Å². The first-order valence-corrected chi connectivity index (χ1v) is 11.5. The molecule has 3 aromatic carbocycles. The smallest absolute Gasteiger partial charge is 0.307 e. The number of benzene rings is 3. The molecule has 176 valence electrons. The topological polar surface area (TPSA) is 145 Å². The molecule has 0 bridgehead atoms. The molecule has 1 atom stereocenters. The van der Waals surface area contributed by atoms with Gasteiger partial charge in [-0.3, -0.25) is 24.4 Å². The van der Waals surface area contributed by atoms with Gasteiger partial charge in [0.25, 0.3) is 21.6 Å². The number of anilines is 1. The van der Waals surface area contributed by atoms with Crippen LogP contribution in [0.25, 0.3) is 0 Å². The highest BCUT2D eigenvalue weighted by Gasteiger charge is 2.21. The molecule has 3 aromatic rings. The van der Waals surface area contributed by atoms with E-state index in [0.29, 0.717) is 0 Å². The van der Waals surface area contributed by atoms with Crippen LogP contribution in [0, 0.1) is 10.1 Å². The number of nitro groups is 1. The summed E-state index contributed by atoms with van der Waals surface area (Å²) in [6, 6.07) is 18.6. The molecule has 3 rings (SSSR count). The van der Waals surface area contributed by atoms with Crippen molar-refractivity contribution in [2.45, 2.75) is 17.4 Å². The van der Waals surface area contributed by atoms with Crippen molar-refractivity contribution in [3.8, 4) is 0 Å². The minimum absolute atomic E-state index is 0.0622. The Kier molecular flexibility index (Phi) is 7.59. The van der Waals surface area contributed by atoms with Crippen LogP contribution in [-0.4, -0.2) is 32.3 Å². The lowest BCUT2D eigenvalue weighted by Crippen LogP contribution is -2.30. The van der Waals surface area contributed by atoms with Crippen molar-refractivity contribution in [1.29, 1.82) is 0 Å². The summed E-state index contributed by atoms with van der Waals surface area (Å²) in [6.07, 6.45) is -0.0622. The molecule has 0 saturated heterocycles. The fraction of sp³-hybridized carbons (Fsp3) is 0.130. The summed E-state index contributed by atoms with van der Waals surface area (Å²) in [6.45, 7) is 0. The maximum absolute atomic E-state index is 12.8. The zero-order chi connectivity index (χ0) is 24.7. The Hall–Kier alpha value is -4.25. The molecule has 0 aromatic heterocycles. The first-order valence-electron chi connectivity index (χ1n) is 9.99. The molecule has 34 heavy (non-hydrogen) atoms. The molecule has 2 N–H and O–H groups in total. The van der Waals surface area contributed by atoms with Gasteiger partial charge in [0.2, 0.25) is 0 Å². The number of hydrogen-bond acceptors (Lipinski definition) is 7. The fourth-order valence-corrected chi connectivity index (χ4v) is 4.19. The average molecular weight is 484 g/mol. The summed E-state index contributed by atoms with van der Waals surface area (Å²) >= 11 is 0. The number of carbonyl (C=O) groups is 2. The molecule has 10 nitrogen and oxygen atoms in total. The predicted molar refractivity (Wildman–Crippen MR) is 124 cm³/mol. The second-order valence-electron chi connectivity index (χ2n) is 7.15. The molecular weight excluding hydrogens is 462 g/mol. The van der Waals surface area contributed by atoms with Gasteiger partial charge in [-0.05, 0) is 35.9 Å². The Morgan fingerprint density at radius 2 is 1.68 bits per heavy atom. The molecule has 0 aliphatic carbocycles. The number of hydrogen-bond donors (Lipinski definition) is 2. The van der Waals surface area contributed by atoms with Crippen molar-refractivity contribution < 1.29 is 27.7 Å². The van der Waals surface area contributed by atoms with Crippen LogP contribution in [0.4, 0.5) is 11.4 Å². The van der Waals surface area contributed by atoms with E-state index < -0.39 is 32.9 Å². The number of ether oxygens (including phenoxy) is 1. The summed E-state index contributed by atoms with van der Waals surface area (Å²) in [4.78, 5) is 34.5. The van der Waals surface area contributed by atoms with Gasteiger partial charge in [-0.2, -0.15) is 0 Å². The lowest BCUT2D eigenvalue weighted by Gasteiger charge is -2.18. The molecule has 0 aliphatic heterocycles. The van der Waals surface area contributed by atoms with E-state index >= 15 is 0 Å². The molecule has 0 aliphatic rings. The molecular formula is C23H21N3O7S. The number of methoxy groups -OCH3 is 1. The Labute approximate surface area is 195 Å². The van der Waals surface area contributed by atoms with Gasteiger partial charge in [-0.1, -0.05) is 36.4 Å². The van der Waals surface area contributed by atoms with Crippen LogP contribution in [0.1, 0.15) is 28.4 Å². The predicted octanol–water partition coefficient (Wildman–Crippen LogP) is 3.43. The molecule has 11 heteroatoms. The summed E-state index contributed by atoms with van der Waals surface area (Å²) in [7, 11) is -2.82. The summed E-state index contributed by atoms with van der Waals surface area (Å²) in [5.74, 6) is -0.953. The van der Waals surface area contributed by atoms with Gasteiger partial charge in [-0.15, -0.1) is 0 Å². The number of nitrogens with one attached hydrogen (secondary N) is 2. The first kappa shape index (κ1) is 24.4. The maximum atomic E-state index is 12.8.